The number of fused-ring (bicyclic) bond motifs is 5. The number of aliphatic hydroxyl groups excluding tert-OH is 2. The summed E-state index contributed by atoms with van der Waals surface area (Å²) >= 11 is 0. The van der Waals surface area contributed by atoms with Crippen LogP contribution in [0.15, 0.2) is 30.3 Å². The Bertz CT molecular complexity index is 1020. The highest BCUT2D eigenvalue weighted by molar-refractivity contribution is 5.66. The molecule has 0 aromatic heterocycles. The number of hydrogen-bond acceptors (Lipinski definition) is 6. The van der Waals surface area contributed by atoms with E-state index < -0.39 is 24.0 Å². The first-order valence-electron chi connectivity index (χ1n) is 15.5. The summed E-state index contributed by atoms with van der Waals surface area (Å²) in [4.78, 5) is 11.2. The van der Waals surface area contributed by atoms with Crippen LogP contribution < -0.4 is 0 Å². The van der Waals surface area contributed by atoms with Crippen molar-refractivity contribution in [1.29, 1.82) is 0 Å². The fourth-order valence-corrected chi connectivity index (χ4v) is 9.85. The number of benzene rings is 1. The van der Waals surface area contributed by atoms with Crippen molar-refractivity contribution in [1.82, 2.24) is 0 Å². The lowest BCUT2D eigenvalue weighted by atomic mass is 9.43. The summed E-state index contributed by atoms with van der Waals surface area (Å²) < 4.78 is 11.8. The third-order valence-electron chi connectivity index (χ3n) is 12.1. The number of aliphatic carboxylic acids is 1. The van der Waals surface area contributed by atoms with Gasteiger partial charge in [0.25, 0.3) is 0 Å². The van der Waals surface area contributed by atoms with Crippen LogP contribution in [0.25, 0.3) is 0 Å². The molecule has 7 heteroatoms. The lowest BCUT2D eigenvalue weighted by molar-refractivity contribution is -0.276. The second-order valence-electron chi connectivity index (χ2n) is 14.0. The Kier molecular flexibility index (Phi) is 8.72. The Balaban J connectivity index is 1.22. The van der Waals surface area contributed by atoms with Gasteiger partial charge in [-0.3, -0.25) is 4.79 Å². The Morgan fingerprint density at radius 1 is 1.05 bits per heavy atom. The summed E-state index contributed by atoms with van der Waals surface area (Å²) in [7, 11) is 0. The van der Waals surface area contributed by atoms with Crippen molar-refractivity contribution in [3.63, 3.8) is 0 Å². The maximum absolute atomic E-state index is 11.7. The molecule has 1 aromatic carbocycles. The quantitative estimate of drug-likeness (QED) is 0.236. The molecule has 4 fully saturated rings. The summed E-state index contributed by atoms with van der Waals surface area (Å²) in [6.07, 6.45) is 4.96. The minimum Gasteiger partial charge on any atom is -0.481 e. The lowest BCUT2D eigenvalue weighted by Gasteiger charge is -2.64. The van der Waals surface area contributed by atoms with Crippen molar-refractivity contribution < 1.29 is 34.7 Å². The molecule has 0 amide bonds. The van der Waals surface area contributed by atoms with Crippen molar-refractivity contribution in [2.24, 2.45) is 46.3 Å². The van der Waals surface area contributed by atoms with Gasteiger partial charge in [0, 0.05) is 19.3 Å². The minimum atomic E-state index is -1.22. The van der Waals surface area contributed by atoms with Crippen molar-refractivity contribution >= 4 is 5.97 Å². The van der Waals surface area contributed by atoms with E-state index in [-0.39, 0.29) is 52.8 Å². The number of carbonyl (C=O) groups is 1. The molecule has 40 heavy (non-hydrogen) atoms. The summed E-state index contributed by atoms with van der Waals surface area (Å²) in [5, 5.41) is 44.0. The third-order valence-corrected chi connectivity index (χ3v) is 12.1. The van der Waals surface area contributed by atoms with E-state index in [4.69, 9.17) is 9.47 Å². The molecule has 0 spiro atoms. The SMILES string of the molecule is C[C@H](CCC(=O)O)[C@H]1CC[C@H]2[C@@H]3[C@H](O)C[C@@H]4C[C@@](O)(OCCOCc5ccccc5)CC[C@]4(C)[C@H]3C[C@H](O)[C@]12C. The van der Waals surface area contributed by atoms with Crippen LogP contribution in [-0.4, -0.2) is 57.6 Å². The topological polar surface area (TPSA) is 116 Å². The zero-order valence-electron chi connectivity index (χ0n) is 24.5. The van der Waals surface area contributed by atoms with E-state index in [1.54, 1.807) is 0 Å². The van der Waals surface area contributed by atoms with Crippen molar-refractivity contribution in [2.45, 2.75) is 103 Å². The van der Waals surface area contributed by atoms with Gasteiger partial charge in [-0.2, -0.15) is 0 Å². The van der Waals surface area contributed by atoms with Crippen LogP contribution >= 0.6 is 0 Å². The molecule has 11 atom stereocenters. The van der Waals surface area contributed by atoms with Gasteiger partial charge in [0.2, 0.25) is 0 Å². The van der Waals surface area contributed by atoms with Gasteiger partial charge >= 0.3 is 5.97 Å². The molecule has 224 valence electrons. The molecule has 4 saturated carbocycles. The monoisotopic (exact) mass is 558 g/mol. The van der Waals surface area contributed by atoms with Crippen LogP contribution in [0.5, 0.6) is 0 Å². The molecule has 4 aliphatic rings. The van der Waals surface area contributed by atoms with Crippen molar-refractivity contribution in [3.05, 3.63) is 35.9 Å². The molecule has 1 aromatic rings. The third kappa shape index (κ3) is 5.49. The molecule has 4 aliphatic carbocycles. The zero-order chi connectivity index (χ0) is 28.7. The first-order chi connectivity index (χ1) is 19.0. The van der Waals surface area contributed by atoms with Crippen molar-refractivity contribution in [2.75, 3.05) is 13.2 Å². The highest BCUT2D eigenvalue weighted by atomic mass is 16.6. The first-order valence-corrected chi connectivity index (χ1v) is 15.5. The molecular weight excluding hydrogens is 508 g/mol. The van der Waals surface area contributed by atoms with Gasteiger partial charge in [0.05, 0.1) is 32.0 Å². The number of carboxylic acid groups (broad SMARTS) is 1. The van der Waals surface area contributed by atoms with E-state index in [2.05, 4.69) is 20.8 Å². The summed E-state index contributed by atoms with van der Waals surface area (Å²) in [6, 6.07) is 10.00. The summed E-state index contributed by atoms with van der Waals surface area (Å²) in [5.74, 6) is -0.822. The smallest absolute Gasteiger partial charge is 0.303 e. The molecule has 5 rings (SSSR count). The maximum Gasteiger partial charge on any atom is 0.303 e. The Morgan fingerprint density at radius 3 is 2.52 bits per heavy atom. The Morgan fingerprint density at radius 2 is 1.80 bits per heavy atom. The zero-order valence-corrected chi connectivity index (χ0v) is 24.5. The van der Waals surface area contributed by atoms with Gasteiger partial charge < -0.3 is 29.9 Å². The van der Waals surface area contributed by atoms with E-state index >= 15 is 0 Å². The number of hydrogen-bond donors (Lipinski definition) is 4. The average Bonchev–Trinajstić information content (AvgIpc) is 3.28. The predicted molar refractivity (Wildman–Crippen MR) is 151 cm³/mol. The number of aliphatic hydroxyl groups is 3. The molecule has 0 heterocycles. The van der Waals surface area contributed by atoms with Crippen LogP contribution in [0.4, 0.5) is 0 Å². The van der Waals surface area contributed by atoms with Crippen LogP contribution in [0.3, 0.4) is 0 Å². The largest absolute Gasteiger partial charge is 0.481 e. The Hall–Kier alpha value is -1.51. The molecular formula is C33H50O7. The minimum absolute atomic E-state index is 0.0708. The van der Waals surface area contributed by atoms with Gasteiger partial charge in [-0.15, -0.1) is 0 Å². The van der Waals surface area contributed by atoms with Crippen LogP contribution in [-0.2, 0) is 20.9 Å². The molecule has 0 unspecified atom stereocenters. The molecule has 0 bridgehead atoms. The fourth-order valence-electron chi connectivity index (χ4n) is 9.85. The molecule has 0 radical (unpaired) electrons. The standard InChI is InChI=1S/C33H50O7/c1-21(9-12-29(36)37)24-10-11-25-30-26(18-28(35)32(24,25)3)31(2)13-14-33(38,19-23(31)17-27(30)34)40-16-15-39-20-22-7-5-4-6-8-22/h4-8,21,23-28,30,34-35,38H,9-20H2,1-3H3,(H,36,37)/t21-,23-,24-,25+,26+,27-,28+,30+,31+,32-,33+/m1/s1. The highest BCUT2D eigenvalue weighted by Gasteiger charge is 2.66. The number of ether oxygens (including phenoxy) is 2. The maximum atomic E-state index is 11.7. The second-order valence-corrected chi connectivity index (χ2v) is 14.0. The summed E-state index contributed by atoms with van der Waals surface area (Å²) in [6.45, 7) is 7.92. The van der Waals surface area contributed by atoms with E-state index in [0.29, 0.717) is 51.9 Å². The van der Waals surface area contributed by atoms with Gasteiger partial charge in [-0.1, -0.05) is 51.1 Å². The number of carboxylic acids is 1. The van der Waals surface area contributed by atoms with Crippen LogP contribution in [0.2, 0.25) is 0 Å². The second kappa shape index (κ2) is 11.6. The van der Waals surface area contributed by atoms with Crippen molar-refractivity contribution in [3.8, 4) is 0 Å². The van der Waals surface area contributed by atoms with Gasteiger partial charge in [-0.05, 0) is 90.4 Å². The Labute approximate surface area is 239 Å². The van der Waals surface area contributed by atoms with E-state index in [0.717, 1.165) is 24.8 Å². The van der Waals surface area contributed by atoms with Gasteiger partial charge in [-0.25, -0.2) is 0 Å². The van der Waals surface area contributed by atoms with E-state index in [1.807, 2.05) is 30.3 Å². The normalized spacial score (nSPS) is 43.4. The molecule has 4 N–H and O–H groups in total. The lowest BCUT2D eigenvalue weighted by Crippen LogP contribution is -2.63. The van der Waals surface area contributed by atoms with Gasteiger partial charge in [0.15, 0.2) is 5.79 Å². The van der Waals surface area contributed by atoms with Gasteiger partial charge in [0.1, 0.15) is 0 Å². The molecule has 0 aliphatic heterocycles. The first kappa shape index (κ1) is 30.0. The van der Waals surface area contributed by atoms with Crippen LogP contribution in [0, 0.1) is 46.3 Å². The van der Waals surface area contributed by atoms with Crippen LogP contribution in [0.1, 0.15) is 84.1 Å². The summed E-state index contributed by atoms with van der Waals surface area (Å²) in [5.41, 5.74) is 0.731. The van der Waals surface area contributed by atoms with E-state index in [1.165, 1.54) is 0 Å². The van der Waals surface area contributed by atoms with E-state index in [9.17, 15) is 25.2 Å². The highest BCUT2D eigenvalue weighted by Crippen LogP contribution is 2.69. The number of rotatable bonds is 10. The molecule has 7 nitrogen and oxygen atoms in total. The molecule has 0 saturated heterocycles. The predicted octanol–water partition coefficient (Wildman–Crippen LogP) is 5.01. The average molecular weight is 559 g/mol. The fraction of sp³-hybridized carbons (Fsp3) is 0.788.